The Labute approximate surface area is 143 Å². The van der Waals surface area contributed by atoms with Gasteiger partial charge in [-0.2, -0.15) is 5.10 Å². The summed E-state index contributed by atoms with van der Waals surface area (Å²) in [7, 11) is 1.46. The predicted molar refractivity (Wildman–Crippen MR) is 92.6 cm³/mol. The van der Waals surface area contributed by atoms with Crippen LogP contribution in [0.15, 0.2) is 65.5 Å². The number of para-hydroxylation sites is 1. The molecule has 0 fully saturated rings. The average Bonchev–Trinajstić information content (AvgIpc) is 2.68. The van der Waals surface area contributed by atoms with E-state index < -0.39 is 18.1 Å². The minimum absolute atomic E-state index is 0.0765. The molecule has 3 aromatic rings. The van der Waals surface area contributed by atoms with Gasteiger partial charge in [-0.1, -0.05) is 42.5 Å². The van der Waals surface area contributed by atoms with Gasteiger partial charge < -0.3 is 9.84 Å². The fourth-order valence-corrected chi connectivity index (χ4v) is 2.53. The molecule has 0 atom stereocenters. The van der Waals surface area contributed by atoms with Gasteiger partial charge >= 0.3 is 0 Å². The van der Waals surface area contributed by atoms with Crippen molar-refractivity contribution in [1.82, 2.24) is 9.78 Å². The van der Waals surface area contributed by atoms with Crippen LogP contribution in [-0.2, 0) is 6.73 Å². The molecule has 0 saturated carbocycles. The number of carbonyl (C=O) groups excluding carboxylic acids is 1. The number of rotatable bonds is 5. The Morgan fingerprint density at radius 1 is 1.08 bits per heavy atom. The number of ketones is 1. The predicted octanol–water partition coefficient (Wildman–Crippen LogP) is 2.10. The minimum Gasteiger partial charge on any atom is -0.496 e. The summed E-state index contributed by atoms with van der Waals surface area (Å²) in [5.74, 6) is -0.107. The van der Waals surface area contributed by atoms with E-state index >= 15 is 0 Å². The molecular weight excluding hydrogens is 320 g/mol. The number of hydrogen-bond donors (Lipinski definition) is 1. The van der Waals surface area contributed by atoms with E-state index in [4.69, 9.17) is 4.74 Å². The SMILES string of the molecule is COc1ccccc1C(=O)c1cc(-c2ccccc2)nn(CO)c1=O. The average molecular weight is 336 g/mol. The number of aliphatic hydroxyl groups excluding tert-OH is 1. The highest BCUT2D eigenvalue weighted by molar-refractivity contribution is 6.10. The van der Waals surface area contributed by atoms with Gasteiger partial charge in [0.2, 0.25) is 5.78 Å². The Morgan fingerprint density at radius 2 is 1.76 bits per heavy atom. The van der Waals surface area contributed by atoms with Crippen molar-refractivity contribution in [3.05, 3.63) is 82.1 Å². The molecule has 0 aliphatic heterocycles. The normalized spacial score (nSPS) is 10.5. The van der Waals surface area contributed by atoms with Crippen molar-refractivity contribution in [2.24, 2.45) is 0 Å². The van der Waals surface area contributed by atoms with E-state index in [2.05, 4.69) is 5.10 Å². The van der Waals surface area contributed by atoms with E-state index in [9.17, 15) is 14.7 Å². The van der Waals surface area contributed by atoms with Gasteiger partial charge in [0.25, 0.3) is 5.56 Å². The quantitative estimate of drug-likeness (QED) is 0.722. The van der Waals surface area contributed by atoms with Crippen molar-refractivity contribution in [2.45, 2.75) is 6.73 Å². The maximum absolute atomic E-state index is 12.9. The molecule has 6 nitrogen and oxygen atoms in total. The first-order valence-electron chi connectivity index (χ1n) is 7.62. The first-order chi connectivity index (χ1) is 12.2. The van der Waals surface area contributed by atoms with E-state index in [0.29, 0.717) is 11.4 Å². The van der Waals surface area contributed by atoms with Crippen molar-refractivity contribution >= 4 is 5.78 Å². The van der Waals surface area contributed by atoms with Gasteiger partial charge in [-0.3, -0.25) is 9.59 Å². The zero-order valence-electron chi connectivity index (χ0n) is 13.5. The molecule has 3 rings (SSSR count). The standard InChI is InChI=1S/C19H16N2O4/c1-25-17-10-6-5-9-14(17)18(23)15-11-16(13-7-3-2-4-8-13)20-21(12-22)19(15)24/h2-11,22H,12H2,1H3. The summed E-state index contributed by atoms with van der Waals surface area (Å²) in [5.41, 5.74) is 0.702. The van der Waals surface area contributed by atoms with E-state index in [-0.39, 0.29) is 11.1 Å². The van der Waals surface area contributed by atoms with Crippen LogP contribution in [0.5, 0.6) is 5.75 Å². The lowest BCUT2D eigenvalue weighted by Gasteiger charge is -2.10. The lowest BCUT2D eigenvalue weighted by Crippen LogP contribution is -2.29. The van der Waals surface area contributed by atoms with Gasteiger partial charge in [-0.15, -0.1) is 0 Å². The molecule has 2 aromatic carbocycles. The topological polar surface area (TPSA) is 81.4 Å². The molecule has 0 aliphatic rings. The summed E-state index contributed by atoms with van der Waals surface area (Å²) in [6.07, 6.45) is 0. The van der Waals surface area contributed by atoms with Crippen molar-refractivity contribution in [1.29, 1.82) is 0 Å². The Hall–Kier alpha value is -3.25. The fraction of sp³-hybridized carbons (Fsp3) is 0.105. The zero-order chi connectivity index (χ0) is 17.8. The molecule has 0 saturated heterocycles. The zero-order valence-corrected chi connectivity index (χ0v) is 13.5. The number of ether oxygens (including phenoxy) is 1. The van der Waals surface area contributed by atoms with Crippen LogP contribution in [-0.4, -0.2) is 27.8 Å². The number of benzene rings is 2. The number of aromatic nitrogens is 2. The second-order valence-corrected chi connectivity index (χ2v) is 5.28. The summed E-state index contributed by atoms with van der Waals surface area (Å²) in [6, 6.07) is 17.2. The van der Waals surface area contributed by atoms with Crippen LogP contribution in [0.25, 0.3) is 11.3 Å². The Morgan fingerprint density at radius 3 is 2.44 bits per heavy atom. The summed E-state index contributed by atoms with van der Waals surface area (Å²) >= 11 is 0. The van der Waals surface area contributed by atoms with Crippen molar-refractivity contribution in [3.8, 4) is 17.0 Å². The molecule has 25 heavy (non-hydrogen) atoms. The van der Waals surface area contributed by atoms with E-state index in [1.807, 2.05) is 30.3 Å². The Kier molecular flexibility index (Phi) is 4.72. The number of nitrogens with zero attached hydrogens (tertiary/aromatic N) is 2. The third-order valence-corrected chi connectivity index (χ3v) is 3.77. The highest BCUT2D eigenvalue weighted by atomic mass is 16.5. The molecule has 0 spiro atoms. The van der Waals surface area contributed by atoms with E-state index in [0.717, 1.165) is 10.2 Å². The summed E-state index contributed by atoms with van der Waals surface area (Å²) in [4.78, 5) is 25.4. The largest absolute Gasteiger partial charge is 0.496 e. The van der Waals surface area contributed by atoms with Crippen molar-refractivity contribution in [2.75, 3.05) is 7.11 Å². The molecule has 0 unspecified atom stereocenters. The molecule has 0 bridgehead atoms. The van der Waals surface area contributed by atoms with Gasteiger partial charge in [0, 0.05) is 5.56 Å². The molecule has 126 valence electrons. The van der Waals surface area contributed by atoms with Crippen molar-refractivity contribution in [3.63, 3.8) is 0 Å². The number of hydrogen-bond acceptors (Lipinski definition) is 5. The third kappa shape index (κ3) is 3.20. The molecule has 1 N–H and O–H groups in total. The molecule has 1 aromatic heterocycles. The van der Waals surface area contributed by atoms with Crippen LogP contribution in [0.4, 0.5) is 0 Å². The molecule has 6 heteroatoms. The highest BCUT2D eigenvalue weighted by Crippen LogP contribution is 2.22. The highest BCUT2D eigenvalue weighted by Gasteiger charge is 2.20. The monoisotopic (exact) mass is 336 g/mol. The lowest BCUT2D eigenvalue weighted by atomic mass is 10.0. The van der Waals surface area contributed by atoms with Gasteiger partial charge in [0.1, 0.15) is 12.5 Å². The van der Waals surface area contributed by atoms with Crippen LogP contribution in [0.2, 0.25) is 0 Å². The fourth-order valence-electron chi connectivity index (χ4n) is 2.53. The first kappa shape index (κ1) is 16.6. The van der Waals surface area contributed by atoms with Crippen LogP contribution in [0.1, 0.15) is 15.9 Å². The first-order valence-corrected chi connectivity index (χ1v) is 7.62. The summed E-state index contributed by atoms with van der Waals surface area (Å²) in [6.45, 7) is -0.619. The maximum Gasteiger partial charge on any atom is 0.280 e. The summed E-state index contributed by atoms with van der Waals surface area (Å²) < 4.78 is 6.07. The van der Waals surface area contributed by atoms with E-state index in [1.165, 1.54) is 13.2 Å². The summed E-state index contributed by atoms with van der Waals surface area (Å²) in [5, 5.41) is 13.5. The molecule has 0 radical (unpaired) electrons. The second kappa shape index (κ2) is 7.11. The van der Waals surface area contributed by atoms with Crippen molar-refractivity contribution < 1.29 is 14.6 Å². The van der Waals surface area contributed by atoms with Crippen LogP contribution in [0.3, 0.4) is 0 Å². The minimum atomic E-state index is -0.655. The third-order valence-electron chi connectivity index (χ3n) is 3.77. The Bertz CT molecular complexity index is 965. The molecule has 1 heterocycles. The number of carbonyl (C=O) groups is 1. The maximum atomic E-state index is 12.9. The number of aliphatic hydroxyl groups is 1. The Balaban J connectivity index is 2.18. The van der Waals surface area contributed by atoms with E-state index in [1.54, 1.807) is 24.3 Å². The van der Waals surface area contributed by atoms with Crippen LogP contribution >= 0.6 is 0 Å². The molecular formula is C19H16N2O4. The van der Waals surface area contributed by atoms with Gasteiger partial charge in [0.15, 0.2) is 0 Å². The second-order valence-electron chi connectivity index (χ2n) is 5.28. The van der Waals surface area contributed by atoms with Gasteiger partial charge in [0.05, 0.1) is 23.9 Å². The molecule has 0 amide bonds. The number of methoxy groups -OCH3 is 1. The molecule has 0 aliphatic carbocycles. The lowest BCUT2D eigenvalue weighted by molar-refractivity contribution is 0.103. The van der Waals surface area contributed by atoms with Crippen LogP contribution < -0.4 is 10.3 Å². The van der Waals surface area contributed by atoms with Crippen LogP contribution in [0, 0.1) is 0 Å². The van der Waals surface area contributed by atoms with Gasteiger partial charge in [-0.05, 0) is 18.2 Å². The van der Waals surface area contributed by atoms with Gasteiger partial charge in [-0.25, -0.2) is 4.68 Å². The smallest absolute Gasteiger partial charge is 0.280 e.